The summed E-state index contributed by atoms with van der Waals surface area (Å²) >= 11 is 9.26. The number of benzene rings is 3. The van der Waals surface area contributed by atoms with Gasteiger partial charge in [0.2, 0.25) is 0 Å². The van der Waals surface area contributed by atoms with Gasteiger partial charge in [-0.3, -0.25) is 4.79 Å². The first-order valence-electron chi connectivity index (χ1n) is 8.07. The highest BCUT2D eigenvalue weighted by molar-refractivity contribution is 7.98. The maximum absolute atomic E-state index is 12.5. The lowest BCUT2D eigenvalue weighted by Gasteiger charge is -2.09. The minimum absolute atomic E-state index is 0.0941. The number of rotatable bonds is 6. The second-order valence-corrected chi connectivity index (χ2v) is 7.93. The summed E-state index contributed by atoms with van der Waals surface area (Å²) in [6.45, 7) is 0. The minimum Gasteiger partial charge on any atom is -0.321 e. The number of carbonyl (C=O) groups excluding carboxylic acids is 1. The van der Waals surface area contributed by atoms with Crippen molar-refractivity contribution in [3.05, 3.63) is 88.9 Å². The fourth-order valence-corrected chi connectivity index (χ4v) is 3.93. The molecule has 3 aromatic rings. The molecule has 5 heteroatoms. The minimum atomic E-state index is -0.0941. The lowest BCUT2D eigenvalue weighted by molar-refractivity contribution is 0.102. The van der Waals surface area contributed by atoms with Gasteiger partial charge in [-0.2, -0.15) is 0 Å². The fourth-order valence-electron chi connectivity index (χ4n) is 2.39. The predicted molar refractivity (Wildman–Crippen MR) is 114 cm³/mol. The summed E-state index contributed by atoms with van der Waals surface area (Å²) in [4.78, 5) is 14.7. The third kappa shape index (κ3) is 5.07. The Hall–Kier alpha value is -1.88. The zero-order valence-corrected chi connectivity index (χ0v) is 16.6. The summed E-state index contributed by atoms with van der Waals surface area (Å²) in [5, 5.41) is 3.73. The molecule has 1 amide bonds. The Morgan fingerprint density at radius 1 is 0.962 bits per heavy atom. The zero-order valence-electron chi connectivity index (χ0n) is 14.2. The standard InChI is InChI=1S/C21H18ClNOS2/c1-25-20-5-3-2-4-19(20)23-21(24)16-8-6-15(7-9-16)14-26-18-12-10-17(22)11-13-18/h2-13H,14H2,1H3,(H,23,24). The molecule has 0 radical (unpaired) electrons. The van der Waals surface area contributed by atoms with Crippen molar-refractivity contribution in [3.8, 4) is 0 Å². The molecule has 0 aliphatic heterocycles. The number of carbonyl (C=O) groups is 1. The molecule has 0 aliphatic carbocycles. The van der Waals surface area contributed by atoms with E-state index in [1.54, 1.807) is 23.5 Å². The van der Waals surface area contributed by atoms with Crippen LogP contribution in [0.3, 0.4) is 0 Å². The molecule has 2 nitrogen and oxygen atoms in total. The maximum Gasteiger partial charge on any atom is 0.255 e. The van der Waals surface area contributed by atoms with Crippen LogP contribution in [0.4, 0.5) is 5.69 Å². The van der Waals surface area contributed by atoms with E-state index in [1.165, 1.54) is 10.5 Å². The van der Waals surface area contributed by atoms with Crippen molar-refractivity contribution in [2.45, 2.75) is 15.5 Å². The highest BCUT2D eigenvalue weighted by Gasteiger charge is 2.08. The summed E-state index contributed by atoms with van der Waals surface area (Å²) in [6.07, 6.45) is 2.00. The molecule has 0 aliphatic rings. The topological polar surface area (TPSA) is 29.1 Å². The van der Waals surface area contributed by atoms with E-state index in [0.29, 0.717) is 5.56 Å². The molecule has 3 rings (SSSR count). The first kappa shape index (κ1) is 18.9. The first-order chi connectivity index (χ1) is 12.7. The van der Waals surface area contributed by atoms with Crippen molar-refractivity contribution < 1.29 is 4.79 Å². The number of thioether (sulfide) groups is 2. The van der Waals surface area contributed by atoms with E-state index in [-0.39, 0.29) is 5.91 Å². The number of nitrogens with one attached hydrogen (secondary N) is 1. The van der Waals surface area contributed by atoms with Crippen molar-refractivity contribution in [1.29, 1.82) is 0 Å². The lowest BCUT2D eigenvalue weighted by atomic mass is 10.1. The van der Waals surface area contributed by atoms with Crippen LogP contribution in [0.5, 0.6) is 0 Å². The third-order valence-electron chi connectivity index (χ3n) is 3.79. The second kappa shape index (κ2) is 9.17. The molecular formula is C21H18ClNOS2. The van der Waals surface area contributed by atoms with Crippen LogP contribution in [0, 0.1) is 0 Å². The van der Waals surface area contributed by atoms with Gasteiger partial charge in [-0.05, 0) is 60.4 Å². The van der Waals surface area contributed by atoms with Crippen molar-refractivity contribution in [2.75, 3.05) is 11.6 Å². The Kier molecular flexibility index (Phi) is 6.67. The van der Waals surface area contributed by atoms with Gasteiger partial charge in [0.05, 0.1) is 5.69 Å². The van der Waals surface area contributed by atoms with Gasteiger partial charge >= 0.3 is 0 Å². The van der Waals surface area contributed by atoms with Crippen LogP contribution in [0.15, 0.2) is 82.6 Å². The Labute approximate surface area is 167 Å². The molecular weight excluding hydrogens is 382 g/mol. The molecule has 0 saturated heterocycles. The van der Waals surface area contributed by atoms with E-state index in [1.807, 2.05) is 79.1 Å². The van der Waals surface area contributed by atoms with Gasteiger partial charge in [0, 0.05) is 26.1 Å². The Balaban J connectivity index is 1.61. The van der Waals surface area contributed by atoms with E-state index >= 15 is 0 Å². The number of para-hydroxylation sites is 1. The van der Waals surface area contributed by atoms with Crippen molar-refractivity contribution in [1.82, 2.24) is 0 Å². The largest absolute Gasteiger partial charge is 0.321 e. The van der Waals surface area contributed by atoms with E-state index in [2.05, 4.69) is 5.32 Å². The average molecular weight is 400 g/mol. The van der Waals surface area contributed by atoms with Crippen LogP contribution in [-0.2, 0) is 5.75 Å². The van der Waals surface area contributed by atoms with E-state index in [9.17, 15) is 4.79 Å². The van der Waals surface area contributed by atoms with Gasteiger partial charge in [-0.15, -0.1) is 23.5 Å². The lowest BCUT2D eigenvalue weighted by Crippen LogP contribution is -2.12. The van der Waals surface area contributed by atoms with Gasteiger partial charge in [0.1, 0.15) is 0 Å². The van der Waals surface area contributed by atoms with Crippen LogP contribution in [-0.4, -0.2) is 12.2 Å². The third-order valence-corrected chi connectivity index (χ3v) is 5.92. The quantitative estimate of drug-likeness (QED) is 0.473. The number of anilines is 1. The average Bonchev–Trinajstić information content (AvgIpc) is 2.68. The number of hydrogen-bond acceptors (Lipinski definition) is 3. The molecule has 1 N–H and O–H groups in total. The molecule has 132 valence electrons. The maximum atomic E-state index is 12.5. The number of hydrogen-bond donors (Lipinski definition) is 1. The molecule has 0 fully saturated rings. The normalized spacial score (nSPS) is 10.5. The van der Waals surface area contributed by atoms with Gasteiger partial charge in [0.15, 0.2) is 0 Å². The summed E-state index contributed by atoms with van der Waals surface area (Å²) in [7, 11) is 0. The summed E-state index contributed by atoms with van der Waals surface area (Å²) < 4.78 is 0. The van der Waals surface area contributed by atoms with Crippen LogP contribution in [0.2, 0.25) is 5.02 Å². The van der Waals surface area contributed by atoms with Gasteiger partial charge in [0.25, 0.3) is 5.91 Å². The van der Waals surface area contributed by atoms with Crippen molar-refractivity contribution in [2.24, 2.45) is 0 Å². The van der Waals surface area contributed by atoms with E-state index < -0.39 is 0 Å². The van der Waals surface area contributed by atoms with Crippen LogP contribution in [0.1, 0.15) is 15.9 Å². The predicted octanol–water partition coefficient (Wildman–Crippen LogP) is 6.61. The molecule has 0 heterocycles. The van der Waals surface area contributed by atoms with Crippen molar-refractivity contribution in [3.63, 3.8) is 0 Å². The number of amides is 1. The van der Waals surface area contributed by atoms with Gasteiger partial charge < -0.3 is 5.32 Å². The Morgan fingerprint density at radius 2 is 1.65 bits per heavy atom. The monoisotopic (exact) mass is 399 g/mol. The summed E-state index contributed by atoms with van der Waals surface area (Å²) in [5.74, 6) is 0.752. The Bertz CT molecular complexity index is 879. The van der Waals surface area contributed by atoms with Crippen LogP contribution < -0.4 is 5.32 Å². The Morgan fingerprint density at radius 3 is 2.35 bits per heavy atom. The van der Waals surface area contributed by atoms with Crippen LogP contribution >= 0.6 is 35.1 Å². The highest BCUT2D eigenvalue weighted by Crippen LogP contribution is 2.26. The first-order valence-corrected chi connectivity index (χ1v) is 10.7. The number of halogens is 1. The molecule has 0 bridgehead atoms. The molecule has 0 saturated carbocycles. The molecule has 3 aromatic carbocycles. The second-order valence-electron chi connectivity index (χ2n) is 5.59. The molecule has 0 atom stereocenters. The molecule has 0 aromatic heterocycles. The van der Waals surface area contributed by atoms with Crippen molar-refractivity contribution >= 4 is 46.7 Å². The summed E-state index contributed by atoms with van der Waals surface area (Å²) in [6, 6.07) is 23.4. The SMILES string of the molecule is CSc1ccccc1NC(=O)c1ccc(CSc2ccc(Cl)cc2)cc1. The molecule has 0 unspecified atom stereocenters. The smallest absolute Gasteiger partial charge is 0.255 e. The van der Waals surface area contributed by atoms with E-state index in [0.717, 1.165) is 21.4 Å². The fraction of sp³-hybridized carbons (Fsp3) is 0.0952. The van der Waals surface area contributed by atoms with Gasteiger partial charge in [-0.25, -0.2) is 0 Å². The molecule has 0 spiro atoms. The highest BCUT2D eigenvalue weighted by atomic mass is 35.5. The van der Waals surface area contributed by atoms with Gasteiger partial charge in [-0.1, -0.05) is 35.9 Å². The zero-order chi connectivity index (χ0) is 18.4. The summed E-state index contributed by atoms with van der Waals surface area (Å²) in [5.41, 5.74) is 2.67. The molecule has 26 heavy (non-hydrogen) atoms. The van der Waals surface area contributed by atoms with Crippen LogP contribution in [0.25, 0.3) is 0 Å². The van der Waals surface area contributed by atoms with E-state index in [4.69, 9.17) is 11.6 Å².